The maximum absolute atomic E-state index is 12.1. The largest absolute Gasteiger partial charge is 0.484 e. The Hall–Kier alpha value is -3.15. The molecule has 6 heteroatoms. The summed E-state index contributed by atoms with van der Waals surface area (Å²) in [5.41, 5.74) is 3.83. The Bertz CT molecular complexity index is 766. The summed E-state index contributed by atoms with van der Waals surface area (Å²) in [5.74, 6) is -1.13. The fourth-order valence-corrected chi connectivity index (χ4v) is 2.30. The molecule has 1 heterocycles. The predicted octanol–water partition coefficient (Wildman–Crippen LogP) is 1.70. The lowest BCUT2D eigenvalue weighted by atomic mass is 10.1. The minimum atomic E-state index is -0.582. The van der Waals surface area contributed by atoms with Gasteiger partial charge >= 0.3 is 0 Å². The Balaban J connectivity index is 1.63. The van der Waals surface area contributed by atoms with E-state index in [-0.39, 0.29) is 17.7 Å². The molecular weight excluding hydrogens is 296 g/mol. The Morgan fingerprint density at radius 3 is 2.30 bits per heavy atom. The molecule has 0 radical (unpaired) electrons. The van der Waals surface area contributed by atoms with Crippen molar-refractivity contribution in [1.29, 1.82) is 0 Å². The topological polar surface area (TPSA) is 75.7 Å². The van der Waals surface area contributed by atoms with Crippen LogP contribution in [0.4, 0.5) is 0 Å². The van der Waals surface area contributed by atoms with Crippen molar-refractivity contribution in [2.75, 3.05) is 6.61 Å². The first kappa shape index (κ1) is 14.8. The number of ether oxygens (including phenoxy) is 1. The van der Waals surface area contributed by atoms with Crippen molar-refractivity contribution in [3.8, 4) is 5.75 Å². The molecule has 1 aliphatic heterocycles. The summed E-state index contributed by atoms with van der Waals surface area (Å²) in [6.07, 6.45) is 0. The lowest BCUT2D eigenvalue weighted by Gasteiger charge is -2.15. The van der Waals surface area contributed by atoms with Crippen LogP contribution in [0.15, 0.2) is 48.5 Å². The number of hydrazine groups is 1. The molecule has 0 atom stereocenters. The minimum Gasteiger partial charge on any atom is -0.484 e. The number of amides is 3. The highest BCUT2D eigenvalue weighted by Gasteiger charge is 2.36. The summed E-state index contributed by atoms with van der Waals surface area (Å²) in [7, 11) is 0. The third-order valence-corrected chi connectivity index (χ3v) is 3.39. The zero-order chi connectivity index (χ0) is 16.4. The van der Waals surface area contributed by atoms with Gasteiger partial charge < -0.3 is 4.74 Å². The number of nitrogens with zero attached hydrogens (tertiary/aromatic N) is 1. The van der Waals surface area contributed by atoms with Crippen molar-refractivity contribution in [3.63, 3.8) is 0 Å². The summed E-state index contributed by atoms with van der Waals surface area (Å²) >= 11 is 0. The van der Waals surface area contributed by atoms with Crippen LogP contribution in [0.1, 0.15) is 26.3 Å². The summed E-state index contributed by atoms with van der Waals surface area (Å²) < 4.78 is 5.35. The van der Waals surface area contributed by atoms with Gasteiger partial charge in [-0.2, -0.15) is 5.01 Å². The van der Waals surface area contributed by atoms with Gasteiger partial charge in [0.1, 0.15) is 5.75 Å². The van der Waals surface area contributed by atoms with Crippen molar-refractivity contribution in [2.24, 2.45) is 0 Å². The number of aryl methyl sites for hydroxylation is 1. The molecule has 1 N–H and O–H groups in total. The average molecular weight is 310 g/mol. The molecule has 6 nitrogen and oxygen atoms in total. The lowest BCUT2D eigenvalue weighted by molar-refractivity contribution is -0.126. The van der Waals surface area contributed by atoms with Gasteiger partial charge in [0.2, 0.25) is 0 Å². The van der Waals surface area contributed by atoms with Crippen molar-refractivity contribution >= 4 is 17.7 Å². The molecule has 116 valence electrons. The van der Waals surface area contributed by atoms with Crippen molar-refractivity contribution in [2.45, 2.75) is 6.92 Å². The first-order valence-electron chi connectivity index (χ1n) is 7.03. The summed E-state index contributed by atoms with van der Waals surface area (Å²) in [6, 6.07) is 13.7. The molecular formula is C17H14N2O4. The first-order valence-corrected chi connectivity index (χ1v) is 7.03. The van der Waals surface area contributed by atoms with E-state index in [1.165, 1.54) is 0 Å². The Morgan fingerprint density at radius 1 is 1.04 bits per heavy atom. The highest BCUT2D eigenvalue weighted by atomic mass is 16.5. The normalized spacial score (nSPS) is 13.0. The highest BCUT2D eigenvalue weighted by molar-refractivity contribution is 6.21. The molecule has 0 spiro atoms. The molecule has 0 saturated carbocycles. The fraction of sp³-hybridized carbons (Fsp3) is 0.118. The van der Waals surface area contributed by atoms with E-state index in [1.54, 1.807) is 36.4 Å². The number of benzene rings is 2. The van der Waals surface area contributed by atoms with Crippen molar-refractivity contribution in [1.82, 2.24) is 10.4 Å². The molecule has 2 aromatic rings. The quantitative estimate of drug-likeness (QED) is 0.872. The molecule has 0 aromatic heterocycles. The molecule has 0 saturated heterocycles. The third kappa shape index (κ3) is 2.91. The van der Waals surface area contributed by atoms with Gasteiger partial charge in [0.05, 0.1) is 11.1 Å². The van der Waals surface area contributed by atoms with Gasteiger partial charge in [-0.1, -0.05) is 24.3 Å². The molecule has 0 fully saturated rings. The first-order chi connectivity index (χ1) is 11.1. The maximum atomic E-state index is 12.1. The van der Waals surface area contributed by atoms with Gasteiger partial charge in [-0.25, -0.2) is 0 Å². The molecule has 3 amide bonds. The smallest absolute Gasteiger partial charge is 0.280 e. The van der Waals surface area contributed by atoms with Crippen LogP contribution in [0.25, 0.3) is 0 Å². The number of hydrogen-bond acceptors (Lipinski definition) is 4. The van der Waals surface area contributed by atoms with E-state index < -0.39 is 17.7 Å². The van der Waals surface area contributed by atoms with Crippen LogP contribution < -0.4 is 10.2 Å². The Labute approximate surface area is 132 Å². The van der Waals surface area contributed by atoms with Crippen LogP contribution in [-0.4, -0.2) is 29.3 Å². The minimum absolute atomic E-state index is 0.275. The SMILES string of the molecule is Cc1cccc(OCC(=O)NN2C(=O)c3ccccc3C2=O)c1. The zero-order valence-electron chi connectivity index (χ0n) is 12.4. The molecule has 3 rings (SSSR count). The van der Waals surface area contributed by atoms with E-state index >= 15 is 0 Å². The number of hydrogen-bond donors (Lipinski definition) is 1. The van der Waals surface area contributed by atoms with E-state index in [9.17, 15) is 14.4 Å². The van der Waals surface area contributed by atoms with Crippen LogP contribution in [0, 0.1) is 6.92 Å². The Morgan fingerprint density at radius 2 is 1.70 bits per heavy atom. The lowest BCUT2D eigenvalue weighted by Crippen LogP contribution is -2.47. The summed E-state index contributed by atoms with van der Waals surface area (Å²) in [5, 5.41) is 0.715. The van der Waals surface area contributed by atoms with E-state index in [0.29, 0.717) is 10.8 Å². The van der Waals surface area contributed by atoms with Gasteiger partial charge in [0.15, 0.2) is 6.61 Å². The van der Waals surface area contributed by atoms with Gasteiger partial charge in [-0.05, 0) is 36.8 Å². The second kappa shape index (κ2) is 5.92. The molecule has 2 aromatic carbocycles. The zero-order valence-corrected chi connectivity index (χ0v) is 12.4. The number of carbonyl (C=O) groups excluding carboxylic acids is 3. The molecule has 1 aliphatic rings. The monoisotopic (exact) mass is 310 g/mol. The number of rotatable bonds is 4. The molecule has 0 unspecified atom stereocenters. The molecule has 0 aliphatic carbocycles. The van der Waals surface area contributed by atoms with Crippen molar-refractivity contribution < 1.29 is 19.1 Å². The Kier molecular flexibility index (Phi) is 3.80. The van der Waals surface area contributed by atoms with E-state index in [0.717, 1.165) is 5.56 Å². The van der Waals surface area contributed by atoms with E-state index in [1.807, 2.05) is 19.1 Å². The number of nitrogens with one attached hydrogen (secondary N) is 1. The van der Waals surface area contributed by atoms with Crippen LogP contribution in [0.5, 0.6) is 5.75 Å². The predicted molar refractivity (Wildman–Crippen MR) is 81.8 cm³/mol. The molecule has 23 heavy (non-hydrogen) atoms. The molecule has 0 bridgehead atoms. The second-order valence-corrected chi connectivity index (χ2v) is 5.13. The second-order valence-electron chi connectivity index (χ2n) is 5.13. The number of fused-ring (bicyclic) bond motifs is 1. The van der Waals surface area contributed by atoms with Gasteiger partial charge in [-0.15, -0.1) is 0 Å². The van der Waals surface area contributed by atoms with Crippen molar-refractivity contribution in [3.05, 3.63) is 65.2 Å². The van der Waals surface area contributed by atoms with E-state index in [2.05, 4.69) is 5.43 Å². The number of carbonyl (C=O) groups is 3. The van der Waals surface area contributed by atoms with Gasteiger partial charge in [0, 0.05) is 0 Å². The maximum Gasteiger partial charge on any atom is 0.280 e. The summed E-state index contributed by atoms with van der Waals surface area (Å²) in [4.78, 5) is 36.1. The summed E-state index contributed by atoms with van der Waals surface area (Å²) in [6.45, 7) is 1.61. The standard InChI is InChI=1S/C17H14N2O4/c1-11-5-4-6-12(9-11)23-10-15(20)18-19-16(21)13-7-2-3-8-14(13)17(19)22/h2-9H,10H2,1H3,(H,18,20). The van der Waals surface area contributed by atoms with Gasteiger partial charge in [0.25, 0.3) is 17.7 Å². The van der Waals surface area contributed by atoms with Crippen LogP contribution in [0.3, 0.4) is 0 Å². The van der Waals surface area contributed by atoms with Crippen LogP contribution in [0.2, 0.25) is 0 Å². The van der Waals surface area contributed by atoms with Gasteiger partial charge in [-0.3, -0.25) is 19.8 Å². The fourth-order valence-electron chi connectivity index (χ4n) is 2.30. The van der Waals surface area contributed by atoms with Crippen LogP contribution in [-0.2, 0) is 4.79 Å². The van der Waals surface area contributed by atoms with Crippen LogP contribution >= 0.6 is 0 Å². The average Bonchev–Trinajstić information content (AvgIpc) is 2.79. The third-order valence-electron chi connectivity index (χ3n) is 3.39. The number of imide groups is 1. The van der Waals surface area contributed by atoms with E-state index in [4.69, 9.17) is 4.74 Å². The highest BCUT2D eigenvalue weighted by Crippen LogP contribution is 2.20.